The zero-order chi connectivity index (χ0) is 17.3. The van der Waals surface area contributed by atoms with Gasteiger partial charge in [0.25, 0.3) is 5.79 Å². The lowest BCUT2D eigenvalue weighted by Crippen LogP contribution is -2.42. The van der Waals surface area contributed by atoms with Crippen LogP contribution in [0.4, 0.5) is 13.2 Å². The monoisotopic (exact) mass is 349 g/mol. The van der Waals surface area contributed by atoms with E-state index in [4.69, 9.17) is 16.3 Å². The summed E-state index contributed by atoms with van der Waals surface area (Å²) in [7, 11) is 0. The minimum Gasteiger partial charge on any atom is -0.492 e. The van der Waals surface area contributed by atoms with Gasteiger partial charge in [-0.1, -0.05) is 24.9 Å². The fourth-order valence-electron chi connectivity index (χ4n) is 2.02. The Labute approximate surface area is 135 Å². The fourth-order valence-corrected chi connectivity index (χ4v) is 2.18. The highest BCUT2D eigenvalue weighted by Crippen LogP contribution is 2.43. The number of hydrogen-bond donors (Lipinski definition) is 2. The quantitative estimate of drug-likeness (QED) is 0.637. The van der Waals surface area contributed by atoms with E-state index < -0.39 is 17.5 Å². The molecule has 0 saturated heterocycles. The molecule has 0 unspecified atom stereocenters. The number of aromatic nitrogens is 1. The van der Waals surface area contributed by atoms with Crippen molar-refractivity contribution in [3.8, 4) is 5.75 Å². The third kappa shape index (κ3) is 3.52. The number of ether oxygens (including phenoxy) is 1. The lowest BCUT2D eigenvalue weighted by Gasteiger charge is -2.27. The summed E-state index contributed by atoms with van der Waals surface area (Å²) in [5, 5.41) is 19.7. The van der Waals surface area contributed by atoms with Crippen molar-refractivity contribution in [2.24, 2.45) is 0 Å². The molecule has 2 N–H and O–H groups in total. The van der Waals surface area contributed by atoms with Gasteiger partial charge in [-0.3, -0.25) is 4.98 Å². The Bertz CT molecular complexity index is 704. The number of halogens is 4. The molecular weight excluding hydrogens is 335 g/mol. The Morgan fingerprint density at radius 3 is 2.57 bits per heavy atom. The van der Waals surface area contributed by atoms with Crippen molar-refractivity contribution in [3.05, 3.63) is 35.0 Å². The molecule has 0 aliphatic rings. The summed E-state index contributed by atoms with van der Waals surface area (Å²) in [6.45, 7) is 2.03. The normalized spacial score (nSPS) is 12.7. The molecule has 1 aromatic carbocycles. The van der Waals surface area contributed by atoms with E-state index in [-0.39, 0.29) is 17.7 Å². The highest BCUT2D eigenvalue weighted by Gasteiger charge is 2.56. The number of hydrogen-bond acceptors (Lipinski definition) is 4. The van der Waals surface area contributed by atoms with Crippen molar-refractivity contribution in [1.82, 2.24) is 4.98 Å². The largest absolute Gasteiger partial charge is 0.492 e. The number of unbranched alkanes of at least 4 members (excludes halogenated alkanes) is 1. The number of rotatable bonds is 5. The highest BCUT2D eigenvalue weighted by molar-refractivity contribution is 6.31. The second-order valence-electron chi connectivity index (χ2n) is 5.03. The molecule has 4 nitrogen and oxygen atoms in total. The molecule has 0 fully saturated rings. The molecule has 2 aromatic rings. The average molecular weight is 350 g/mol. The number of nitrogens with zero attached hydrogens (tertiary/aromatic N) is 1. The van der Waals surface area contributed by atoms with Gasteiger partial charge < -0.3 is 14.9 Å². The van der Waals surface area contributed by atoms with Crippen LogP contribution in [0.25, 0.3) is 10.9 Å². The number of fused-ring (bicyclic) bond motifs is 1. The maximum atomic E-state index is 12.9. The van der Waals surface area contributed by atoms with Crippen molar-refractivity contribution >= 4 is 22.5 Å². The molecule has 126 valence electrons. The summed E-state index contributed by atoms with van der Waals surface area (Å²) in [5.74, 6) is -4.32. The van der Waals surface area contributed by atoms with Crippen molar-refractivity contribution in [2.75, 3.05) is 6.61 Å². The molecule has 23 heavy (non-hydrogen) atoms. The Balaban J connectivity index is 2.63. The molecule has 0 radical (unpaired) electrons. The van der Waals surface area contributed by atoms with E-state index in [2.05, 4.69) is 4.98 Å². The third-order valence-electron chi connectivity index (χ3n) is 3.30. The van der Waals surface area contributed by atoms with Gasteiger partial charge in [0.2, 0.25) is 0 Å². The zero-order valence-corrected chi connectivity index (χ0v) is 12.9. The molecule has 0 amide bonds. The molecule has 1 heterocycles. The summed E-state index contributed by atoms with van der Waals surface area (Å²) in [4.78, 5) is 3.83. The summed E-state index contributed by atoms with van der Waals surface area (Å²) in [5.41, 5.74) is -0.554. The van der Waals surface area contributed by atoms with Crippen LogP contribution >= 0.6 is 11.6 Å². The summed E-state index contributed by atoms with van der Waals surface area (Å²) < 4.78 is 44.3. The maximum absolute atomic E-state index is 12.9. The predicted molar refractivity (Wildman–Crippen MR) is 79.3 cm³/mol. The van der Waals surface area contributed by atoms with Gasteiger partial charge in [0.05, 0.1) is 17.7 Å². The van der Waals surface area contributed by atoms with Gasteiger partial charge in [-0.15, -0.1) is 0 Å². The van der Waals surface area contributed by atoms with E-state index in [9.17, 15) is 23.4 Å². The van der Waals surface area contributed by atoms with Gasteiger partial charge in [0, 0.05) is 16.6 Å². The first-order valence-electron chi connectivity index (χ1n) is 6.91. The molecule has 0 bridgehead atoms. The van der Waals surface area contributed by atoms with E-state index in [1.165, 1.54) is 18.2 Å². The van der Waals surface area contributed by atoms with Gasteiger partial charge in [0.15, 0.2) is 0 Å². The van der Waals surface area contributed by atoms with Crippen LogP contribution in [-0.2, 0) is 5.79 Å². The summed E-state index contributed by atoms with van der Waals surface area (Å²) in [6.07, 6.45) is -3.18. The van der Waals surface area contributed by atoms with Crippen LogP contribution in [-0.4, -0.2) is 28.0 Å². The van der Waals surface area contributed by atoms with Crippen molar-refractivity contribution in [2.45, 2.75) is 31.7 Å². The van der Waals surface area contributed by atoms with Gasteiger partial charge in [0.1, 0.15) is 5.75 Å². The predicted octanol–water partition coefficient (Wildman–Crippen LogP) is 3.77. The van der Waals surface area contributed by atoms with Crippen LogP contribution in [0, 0.1) is 0 Å². The van der Waals surface area contributed by atoms with Crippen LogP contribution in [0.1, 0.15) is 25.3 Å². The van der Waals surface area contributed by atoms with E-state index >= 15 is 0 Å². The second-order valence-corrected chi connectivity index (χ2v) is 5.47. The average Bonchev–Trinajstić information content (AvgIpc) is 2.45. The first-order valence-corrected chi connectivity index (χ1v) is 7.29. The third-order valence-corrected chi connectivity index (χ3v) is 3.53. The van der Waals surface area contributed by atoms with E-state index in [0.717, 1.165) is 12.6 Å². The zero-order valence-electron chi connectivity index (χ0n) is 12.2. The van der Waals surface area contributed by atoms with Gasteiger partial charge in [-0.05, 0) is 24.6 Å². The fraction of sp³-hybridized carbons (Fsp3) is 0.400. The van der Waals surface area contributed by atoms with E-state index in [0.29, 0.717) is 17.0 Å². The molecule has 0 atom stereocenters. The van der Waals surface area contributed by atoms with Crippen LogP contribution in [0.3, 0.4) is 0 Å². The molecule has 8 heteroatoms. The molecule has 0 aliphatic heterocycles. The Morgan fingerprint density at radius 1 is 1.26 bits per heavy atom. The van der Waals surface area contributed by atoms with Crippen LogP contribution in [0.5, 0.6) is 5.75 Å². The summed E-state index contributed by atoms with van der Waals surface area (Å²) >= 11 is 5.84. The molecule has 2 rings (SSSR count). The molecule has 1 aromatic heterocycles. The molecule has 0 saturated carbocycles. The van der Waals surface area contributed by atoms with Crippen LogP contribution < -0.4 is 4.74 Å². The van der Waals surface area contributed by atoms with Crippen molar-refractivity contribution in [3.63, 3.8) is 0 Å². The maximum Gasteiger partial charge on any atom is 0.448 e. The number of aliphatic hydroxyl groups is 2. The minimum atomic E-state index is -5.29. The summed E-state index contributed by atoms with van der Waals surface area (Å²) in [6, 6.07) is 4.35. The van der Waals surface area contributed by atoms with Gasteiger partial charge >= 0.3 is 6.18 Å². The molecule has 0 spiro atoms. The molecule has 0 aliphatic carbocycles. The number of alkyl halides is 3. The van der Waals surface area contributed by atoms with Crippen LogP contribution in [0.2, 0.25) is 5.02 Å². The Hall–Kier alpha value is -1.57. The van der Waals surface area contributed by atoms with Gasteiger partial charge in [-0.2, -0.15) is 13.2 Å². The topological polar surface area (TPSA) is 62.6 Å². The van der Waals surface area contributed by atoms with Crippen LogP contribution in [0.15, 0.2) is 24.4 Å². The van der Waals surface area contributed by atoms with Gasteiger partial charge in [-0.25, -0.2) is 0 Å². The SMILES string of the molecule is CCCCOc1c(C(O)(O)C(F)(F)F)cnc2cc(Cl)ccc12. The van der Waals surface area contributed by atoms with Crippen molar-refractivity contribution < 1.29 is 28.1 Å². The van der Waals surface area contributed by atoms with E-state index in [1.807, 2.05) is 6.92 Å². The lowest BCUT2D eigenvalue weighted by atomic mass is 10.0. The Kier molecular flexibility index (Phi) is 5.03. The number of benzene rings is 1. The smallest absolute Gasteiger partial charge is 0.448 e. The lowest BCUT2D eigenvalue weighted by molar-refractivity contribution is -0.358. The standard InChI is InChI=1S/C15H15ClF3NO3/c1-2-3-6-23-13-10-5-4-9(16)7-12(10)20-8-11(13)14(21,22)15(17,18)19/h4-5,7-8,21-22H,2-3,6H2,1H3. The number of pyridine rings is 1. The first kappa shape index (κ1) is 17.8. The van der Waals surface area contributed by atoms with E-state index in [1.54, 1.807) is 0 Å². The van der Waals surface area contributed by atoms with Crippen molar-refractivity contribution in [1.29, 1.82) is 0 Å². The second kappa shape index (κ2) is 6.51. The Morgan fingerprint density at radius 2 is 1.96 bits per heavy atom. The highest BCUT2D eigenvalue weighted by atomic mass is 35.5. The molecular formula is C15H15ClF3NO3. The first-order chi connectivity index (χ1) is 10.7. The minimum absolute atomic E-state index is 0.138.